The third-order valence-corrected chi connectivity index (χ3v) is 4.76. The van der Waals surface area contributed by atoms with Crippen LogP contribution in [0.3, 0.4) is 0 Å². The summed E-state index contributed by atoms with van der Waals surface area (Å²) in [6.07, 6.45) is 6.06. The van der Waals surface area contributed by atoms with Crippen molar-refractivity contribution in [2.24, 2.45) is 0 Å². The average Bonchev–Trinajstić information content (AvgIpc) is 2.98. The minimum absolute atomic E-state index is 0.171. The van der Waals surface area contributed by atoms with Gasteiger partial charge in [0.05, 0.1) is 10.6 Å². The van der Waals surface area contributed by atoms with Crippen LogP contribution in [-0.2, 0) is 5.54 Å². The quantitative estimate of drug-likeness (QED) is 0.850. The molecule has 0 unspecified atom stereocenters. The van der Waals surface area contributed by atoms with Gasteiger partial charge in [0.15, 0.2) is 5.82 Å². The molecule has 6 nitrogen and oxygen atoms in total. The molecule has 0 aliphatic heterocycles. The Kier molecular flexibility index (Phi) is 4.55. The number of carbonyl (C=O) groups is 1. The van der Waals surface area contributed by atoms with E-state index < -0.39 is 5.54 Å². The van der Waals surface area contributed by atoms with Crippen LogP contribution in [0.2, 0.25) is 10.2 Å². The van der Waals surface area contributed by atoms with E-state index in [1.165, 1.54) is 12.3 Å². The van der Waals surface area contributed by atoms with E-state index in [0.717, 1.165) is 32.1 Å². The zero-order valence-electron chi connectivity index (χ0n) is 12.6. The molecule has 1 aliphatic rings. The summed E-state index contributed by atoms with van der Waals surface area (Å²) in [5.74, 6) is 0.729. The topological polar surface area (TPSA) is 80.9 Å². The van der Waals surface area contributed by atoms with E-state index in [1.807, 2.05) is 0 Å². The van der Waals surface area contributed by atoms with E-state index in [-0.39, 0.29) is 16.1 Å². The van der Waals surface area contributed by atoms with Crippen LogP contribution >= 0.6 is 23.2 Å². The highest BCUT2D eigenvalue weighted by Crippen LogP contribution is 2.36. The Bertz CT molecular complexity index is 726. The third-order valence-electron chi connectivity index (χ3n) is 4.07. The molecule has 1 aliphatic carbocycles. The number of hydrogen-bond acceptors (Lipinski definition) is 5. The standard InChI is InChI=1S/C15H16Cl2N4O2/c1-9-19-14(21-23-9)15(5-3-2-4-6-15)20-13(22)10-7-11(16)12(17)18-8-10/h7-8H,2-6H2,1H3,(H,20,22). The number of aromatic nitrogens is 3. The van der Waals surface area contributed by atoms with Gasteiger partial charge in [0, 0.05) is 13.1 Å². The van der Waals surface area contributed by atoms with Gasteiger partial charge in [-0.25, -0.2) is 4.98 Å². The van der Waals surface area contributed by atoms with E-state index in [0.29, 0.717) is 17.3 Å². The van der Waals surface area contributed by atoms with E-state index in [2.05, 4.69) is 20.4 Å². The number of hydrogen-bond donors (Lipinski definition) is 1. The fraction of sp³-hybridized carbons (Fsp3) is 0.467. The van der Waals surface area contributed by atoms with Crippen molar-refractivity contribution >= 4 is 29.1 Å². The molecule has 2 heterocycles. The molecular weight excluding hydrogens is 339 g/mol. The van der Waals surface area contributed by atoms with Gasteiger partial charge in [-0.05, 0) is 18.9 Å². The number of halogens is 2. The van der Waals surface area contributed by atoms with Crippen molar-refractivity contribution in [1.29, 1.82) is 0 Å². The van der Waals surface area contributed by atoms with E-state index in [9.17, 15) is 4.79 Å². The summed E-state index contributed by atoms with van der Waals surface area (Å²) >= 11 is 11.7. The maximum atomic E-state index is 12.6. The number of nitrogens with one attached hydrogen (secondary N) is 1. The summed E-state index contributed by atoms with van der Waals surface area (Å²) in [6, 6.07) is 1.50. The minimum Gasteiger partial charge on any atom is -0.340 e. The summed E-state index contributed by atoms with van der Waals surface area (Å²) in [5.41, 5.74) is -0.260. The molecule has 2 aromatic heterocycles. The average molecular weight is 355 g/mol. The second kappa shape index (κ2) is 6.45. The van der Waals surface area contributed by atoms with Crippen LogP contribution in [0.15, 0.2) is 16.8 Å². The Labute approximate surface area is 143 Å². The van der Waals surface area contributed by atoms with Crippen LogP contribution in [-0.4, -0.2) is 21.0 Å². The molecular formula is C15H16Cl2N4O2. The maximum Gasteiger partial charge on any atom is 0.253 e. The van der Waals surface area contributed by atoms with E-state index in [1.54, 1.807) is 6.92 Å². The molecule has 0 saturated heterocycles. The predicted molar refractivity (Wildman–Crippen MR) is 85.5 cm³/mol. The van der Waals surface area contributed by atoms with Crippen molar-refractivity contribution in [2.75, 3.05) is 0 Å². The molecule has 1 saturated carbocycles. The lowest BCUT2D eigenvalue weighted by atomic mass is 9.80. The lowest BCUT2D eigenvalue weighted by molar-refractivity contribution is 0.0855. The smallest absolute Gasteiger partial charge is 0.253 e. The zero-order valence-corrected chi connectivity index (χ0v) is 14.1. The second-order valence-electron chi connectivity index (χ2n) is 5.73. The monoisotopic (exact) mass is 354 g/mol. The van der Waals surface area contributed by atoms with Crippen molar-refractivity contribution in [3.05, 3.63) is 39.7 Å². The highest BCUT2D eigenvalue weighted by Gasteiger charge is 2.39. The summed E-state index contributed by atoms with van der Waals surface area (Å²) in [5, 5.41) is 7.50. The molecule has 1 N–H and O–H groups in total. The Balaban J connectivity index is 1.89. The van der Waals surface area contributed by atoms with Crippen LogP contribution in [0.5, 0.6) is 0 Å². The first-order valence-electron chi connectivity index (χ1n) is 7.44. The fourth-order valence-corrected chi connectivity index (χ4v) is 3.16. The summed E-state index contributed by atoms with van der Waals surface area (Å²) in [6.45, 7) is 1.73. The lowest BCUT2D eigenvalue weighted by Gasteiger charge is -2.35. The van der Waals surface area contributed by atoms with Crippen LogP contribution in [0, 0.1) is 6.92 Å². The van der Waals surface area contributed by atoms with Gasteiger partial charge in [-0.2, -0.15) is 4.98 Å². The first-order valence-corrected chi connectivity index (χ1v) is 8.20. The van der Waals surface area contributed by atoms with E-state index in [4.69, 9.17) is 27.7 Å². The van der Waals surface area contributed by atoms with E-state index >= 15 is 0 Å². The summed E-state index contributed by atoms with van der Waals surface area (Å²) < 4.78 is 5.10. The molecule has 0 radical (unpaired) electrons. The number of pyridine rings is 1. The number of carbonyl (C=O) groups excluding carboxylic acids is 1. The molecule has 0 spiro atoms. The van der Waals surface area contributed by atoms with Crippen LogP contribution in [0.25, 0.3) is 0 Å². The lowest BCUT2D eigenvalue weighted by Crippen LogP contribution is -2.48. The van der Waals surface area contributed by atoms with Crippen molar-refractivity contribution in [1.82, 2.24) is 20.4 Å². The Morgan fingerprint density at radius 2 is 2.04 bits per heavy atom. The maximum absolute atomic E-state index is 12.6. The number of aryl methyl sites for hydroxylation is 1. The Hall–Kier alpha value is -1.66. The van der Waals surface area contributed by atoms with Crippen molar-refractivity contribution in [2.45, 2.75) is 44.6 Å². The molecule has 122 valence electrons. The molecule has 23 heavy (non-hydrogen) atoms. The molecule has 0 atom stereocenters. The fourth-order valence-electron chi connectivity index (χ4n) is 2.89. The van der Waals surface area contributed by atoms with Gasteiger partial charge in [0.1, 0.15) is 10.7 Å². The molecule has 3 rings (SSSR count). The van der Waals surface area contributed by atoms with Crippen LogP contribution in [0.4, 0.5) is 0 Å². The summed E-state index contributed by atoms with van der Waals surface area (Å²) in [4.78, 5) is 20.9. The van der Waals surface area contributed by atoms with Gasteiger partial charge in [-0.1, -0.05) is 47.6 Å². The van der Waals surface area contributed by atoms with Gasteiger partial charge in [-0.3, -0.25) is 4.79 Å². The highest BCUT2D eigenvalue weighted by atomic mass is 35.5. The first kappa shape index (κ1) is 16.2. The van der Waals surface area contributed by atoms with Crippen molar-refractivity contribution in [3.8, 4) is 0 Å². The SMILES string of the molecule is Cc1nc(C2(NC(=O)c3cnc(Cl)c(Cl)c3)CCCCC2)no1. The number of nitrogens with zero attached hydrogens (tertiary/aromatic N) is 3. The molecule has 1 fully saturated rings. The third kappa shape index (κ3) is 3.33. The molecule has 0 bridgehead atoms. The van der Waals surface area contributed by atoms with Gasteiger partial charge in [0.2, 0.25) is 5.89 Å². The summed E-state index contributed by atoms with van der Waals surface area (Å²) in [7, 11) is 0. The normalized spacial score (nSPS) is 17.0. The molecule has 0 aromatic carbocycles. The van der Waals surface area contributed by atoms with Gasteiger partial charge in [0.25, 0.3) is 5.91 Å². The van der Waals surface area contributed by atoms with Gasteiger partial charge >= 0.3 is 0 Å². The molecule has 1 amide bonds. The Morgan fingerprint density at radius 3 is 2.65 bits per heavy atom. The molecule has 2 aromatic rings. The van der Waals surface area contributed by atoms with Gasteiger partial charge < -0.3 is 9.84 Å². The van der Waals surface area contributed by atoms with Gasteiger partial charge in [-0.15, -0.1) is 0 Å². The molecule has 8 heteroatoms. The second-order valence-corrected chi connectivity index (χ2v) is 6.50. The Morgan fingerprint density at radius 1 is 1.30 bits per heavy atom. The number of amides is 1. The van der Waals surface area contributed by atoms with Crippen molar-refractivity contribution in [3.63, 3.8) is 0 Å². The number of rotatable bonds is 3. The predicted octanol–water partition coefficient (Wildman–Crippen LogP) is 3.67. The minimum atomic E-state index is -0.612. The van der Waals surface area contributed by atoms with Crippen LogP contribution in [0.1, 0.15) is 54.2 Å². The first-order chi connectivity index (χ1) is 11.0. The largest absolute Gasteiger partial charge is 0.340 e. The highest BCUT2D eigenvalue weighted by molar-refractivity contribution is 6.41. The van der Waals surface area contributed by atoms with Crippen molar-refractivity contribution < 1.29 is 9.32 Å². The van der Waals surface area contributed by atoms with Crippen LogP contribution < -0.4 is 5.32 Å². The zero-order chi connectivity index (χ0) is 16.4.